The number of hydrogen-bond acceptors (Lipinski definition) is 5. The van der Waals surface area contributed by atoms with Crippen molar-refractivity contribution in [1.29, 1.82) is 0 Å². The van der Waals surface area contributed by atoms with Crippen LogP contribution in [0.15, 0.2) is 41.3 Å². The molecule has 2 aromatic rings. The maximum Gasteiger partial charge on any atom is 0.253 e. The number of amides is 1. The first-order chi connectivity index (χ1) is 10.7. The molecule has 2 atom stereocenters. The second-order valence-electron chi connectivity index (χ2n) is 5.49. The third-order valence-electron chi connectivity index (χ3n) is 4.06. The molecule has 1 amide bonds. The zero-order valence-electron chi connectivity index (χ0n) is 12.1. The lowest BCUT2D eigenvalue weighted by molar-refractivity contribution is 0.00344. The van der Waals surface area contributed by atoms with E-state index in [9.17, 15) is 15.0 Å². The highest BCUT2D eigenvalue weighted by atomic mass is 16.3. The Hall–Kier alpha value is -2.18. The second kappa shape index (κ2) is 6.29. The van der Waals surface area contributed by atoms with Crippen LogP contribution in [0.4, 0.5) is 0 Å². The predicted octanol–water partition coefficient (Wildman–Crippen LogP) is 1.16. The minimum atomic E-state index is -0.539. The Bertz CT molecular complexity index is 624. The number of likely N-dealkylation sites (tertiary alicyclic amines) is 1. The van der Waals surface area contributed by atoms with Gasteiger partial charge in [-0.05, 0) is 18.6 Å². The molecule has 1 aliphatic rings. The highest BCUT2D eigenvalue weighted by Crippen LogP contribution is 2.22. The van der Waals surface area contributed by atoms with Gasteiger partial charge >= 0.3 is 0 Å². The van der Waals surface area contributed by atoms with Crippen LogP contribution in [-0.2, 0) is 0 Å². The number of nitrogens with zero attached hydrogens (tertiary/aromatic N) is 2. The van der Waals surface area contributed by atoms with E-state index in [2.05, 4.69) is 4.98 Å². The van der Waals surface area contributed by atoms with Crippen molar-refractivity contribution >= 4 is 5.91 Å². The fourth-order valence-corrected chi connectivity index (χ4v) is 2.70. The van der Waals surface area contributed by atoms with Gasteiger partial charge in [0.25, 0.3) is 5.91 Å². The first kappa shape index (κ1) is 14.7. The summed E-state index contributed by atoms with van der Waals surface area (Å²) in [6, 6.07) is 7.13. The summed E-state index contributed by atoms with van der Waals surface area (Å²) < 4.78 is 5.21. The first-order valence-corrected chi connectivity index (χ1v) is 7.26. The summed E-state index contributed by atoms with van der Waals surface area (Å²) in [4.78, 5) is 18.0. The Morgan fingerprint density at radius 1 is 1.36 bits per heavy atom. The van der Waals surface area contributed by atoms with E-state index in [1.165, 1.54) is 6.39 Å². The maximum atomic E-state index is 12.5. The zero-order valence-corrected chi connectivity index (χ0v) is 12.1. The first-order valence-electron chi connectivity index (χ1n) is 7.26. The van der Waals surface area contributed by atoms with E-state index in [4.69, 9.17) is 4.42 Å². The largest absolute Gasteiger partial charge is 0.444 e. The fraction of sp³-hybridized carbons (Fsp3) is 0.375. The van der Waals surface area contributed by atoms with Gasteiger partial charge in [0, 0.05) is 30.1 Å². The average Bonchev–Trinajstić information content (AvgIpc) is 3.09. The van der Waals surface area contributed by atoms with Crippen molar-refractivity contribution in [3.8, 4) is 11.3 Å². The zero-order chi connectivity index (χ0) is 15.5. The molecule has 6 heteroatoms. The minimum absolute atomic E-state index is 0.0885. The van der Waals surface area contributed by atoms with Gasteiger partial charge in [0.2, 0.25) is 0 Å². The molecule has 6 nitrogen and oxygen atoms in total. The van der Waals surface area contributed by atoms with Crippen molar-refractivity contribution in [1.82, 2.24) is 9.88 Å². The van der Waals surface area contributed by atoms with Crippen LogP contribution < -0.4 is 0 Å². The van der Waals surface area contributed by atoms with Crippen LogP contribution in [0.2, 0.25) is 0 Å². The van der Waals surface area contributed by atoms with Crippen LogP contribution in [0.5, 0.6) is 0 Å². The van der Waals surface area contributed by atoms with Crippen LogP contribution in [0.3, 0.4) is 0 Å². The van der Waals surface area contributed by atoms with Gasteiger partial charge in [0.1, 0.15) is 0 Å². The number of aromatic nitrogens is 1. The molecule has 0 radical (unpaired) electrons. The molecule has 2 heterocycles. The molecular formula is C16H18N2O4. The number of piperidine rings is 1. The molecule has 1 aromatic heterocycles. The summed E-state index contributed by atoms with van der Waals surface area (Å²) in [7, 11) is 0. The van der Waals surface area contributed by atoms with Crippen LogP contribution in [0.1, 0.15) is 16.8 Å². The molecular weight excluding hydrogens is 284 g/mol. The van der Waals surface area contributed by atoms with Crippen LogP contribution in [-0.4, -0.2) is 51.8 Å². The van der Waals surface area contributed by atoms with Crippen molar-refractivity contribution in [2.75, 3.05) is 19.7 Å². The number of carbonyl (C=O) groups is 1. The van der Waals surface area contributed by atoms with Crippen molar-refractivity contribution in [2.45, 2.75) is 12.5 Å². The molecule has 0 bridgehead atoms. The van der Waals surface area contributed by atoms with Crippen molar-refractivity contribution in [3.63, 3.8) is 0 Å². The molecule has 0 aliphatic carbocycles. The Morgan fingerprint density at radius 3 is 2.77 bits per heavy atom. The summed E-state index contributed by atoms with van der Waals surface area (Å²) >= 11 is 0. The van der Waals surface area contributed by atoms with Gasteiger partial charge in [-0.25, -0.2) is 4.98 Å². The summed E-state index contributed by atoms with van der Waals surface area (Å²) in [6.45, 7) is 0.760. The minimum Gasteiger partial charge on any atom is -0.444 e. The number of aliphatic hydroxyl groups excluding tert-OH is 2. The van der Waals surface area contributed by atoms with Crippen molar-refractivity contribution in [2.24, 2.45) is 5.92 Å². The summed E-state index contributed by atoms with van der Waals surface area (Å²) in [5.41, 5.74) is 1.44. The monoisotopic (exact) mass is 302 g/mol. The third kappa shape index (κ3) is 2.88. The average molecular weight is 302 g/mol. The molecule has 3 rings (SSSR count). The van der Waals surface area contributed by atoms with Gasteiger partial charge < -0.3 is 19.5 Å². The lowest BCUT2D eigenvalue weighted by atomic mass is 9.95. The molecule has 2 N–H and O–H groups in total. The normalized spacial score (nSPS) is 21.8. The molecule has 1 aliphatic heterocycles. The predicted molar refractivity (Wildman–Crippen MR) is 79.0 cm³/mol. The number of oxazole rings is 1. The van der Waals surface area contributed by atoms with Gasteiger partial charge in [-0.3, -0.25) is 4.79 Å². The molecule has 0 unspecified atom stereocenters. The number of aliphatic hydroxyl groups is 2. The Balaban J connectivity index is 1.72. The Kier molecular flexibility index (Phi) is 4.22. The smallest absolute Gasteiger partial charge is 0.253 e. The molecule has 0 spiro atoms. The summed E-state index contributed by atoms with van der Waals surface area (Å²) in [6.07, 6.45) is 2.94. The standard InChI is InChI=1S/C16H18N2O4/c19-9-13-8-18(6-5-14(13)20)16(21)12-3-1-11(2-4-12)15-7-17-10-22-15/h1-4,7,10,13-14,19-20H,5-6,8-9H2/t13-,14-/m0/s1. The third-order valence-corrected chi connectivity index (χ3v) is 4.06. The van der Waals surface area contributed by atoms with E-state index in [1.54, 1.807) is 23.2 Å². The highest BCUT2D eigenvalue weighted by molar-refractivity contribution is 5.94. The quantitative estimate of drug-likeness (QED) is 0.888. The fourth-order valence-electron chi connectivity index (χ4n) is 2.70. The lowest BCUT2D eigenvalue weighted by Crippen LogP contribution is -2.47. The van der Waals surface area contributed by atoms with Gasteiger partial charge in [0.05, 0.1) is 18.9 Å². The van der Waals surface area contributed by atoms with E-state index < -0.39 is 6.10 Å². The van der Waals surface area contributed by atoms with Crippen LogP contribution in [0, 0.1) is 5.92 Å². The molecule has 116 valence electrons. The number of rotatable bonds is 3. The van der Waals surface area contributed by atoms with Crippen LogP contribution in [0.25, 0.3) is 11.3 Å². The number of benzene rings is 1. The van der Waals surface area contributed by atoms with E-state index in [-0.39, 0.29) is 18.4 Å². The van der Waals surface area contributed by atoms with E-state index in [1.807, 2.05) is 12.1 Å². The second-order valence-corrected chi connectivity index (χ2v) is 5.49. The van der Waals surface area contributed by atoms with Gasteiger partial charge in [0.15, 0.2) is 12.2 Å². The molecule has 1 saturated heterocycles. The maximum absolute atomic E-state index is 12.5. The van der Waals surface area contributed by atoms with Crippen molar-refractivity contribution in [3.05, 3.63) is 42.4 Å². The van der Waals surface area contributed by atoms with Crippen molar-refractivity contribution < 1.29 is 19.4 Å². The van der Waals surface area contributed by atoms with E-state index in [0.29, 0.717) is 30.8 Å². The number of hydrogen-bond donors (Lipinski definition) is 2. The van der Waals surface area contributed by atoms with Gasteiger partial charge in [-0.1, -0.05) is 12.1 Å². The highest BCUT2D eigenvalue weighted by Gasteiger charge is 2.30. The molecule has 0 saturated carbocycles. The lowest BCUT2D eigenvalue weighted by Gasteiger charge is -2.35. The topological polar surface area (TPSA) is 86.8 Å². The van der Waals surface area contributed by atoms with E-state index in [0.717, 1.165) is 5.56 Å². The summed E-state index contributed by atoms with van der Waals surface area (Å²) in [5, 5.41) is 19.0. The summed E-state index contributed by atoms with van der Waals surface area (Å²) in [5.74, 6) is 0.293. The Labute approximate surface area is 128 Å². The molecule has 1 aromatic carbocycles. The molecule has 1 fully saturated rings. The molecule has 22 heavy (non-hydrogen) atoms. The van der Waals surface area contributed by atoms with E-state index >= 15 is 0 Å². The number of carbonyl (C=O) groups excluding carboxylic acids is 1. The Morgan fingerprint density at radius 2 is 2.14 bits per heavy atom. The van der Waals surface area contributed by atoms with Gasteiger partial charge in [-0.15, -0.1) is 0 Å². The van der Waals surface area contributed by atoms with Gasteiger partial charge in [-0.2, -0.15) is 0 Å². The SMILES string of the molecule is O=C(c1ccc(-c2cnco2)cc1)N1CC[C@H](O)[C@H](CO)C1. The van der Waals surface area contributed by atoms with Crippen LogP contribution >= 0.6 is 0 Å².